The monoisotopic (exact) mass is 200 g/mol. The van der Waals surface area contributed by atoms with Gasteiger partial charge in [-0.15, -0.1) is 0 Å². The van der Waals surface area contributed by atoms with E-state index >= 15 is 0 Å². The molecule has 3 nitrogen and oxygen atoms in total. The molecule has 0 aromatic heterocycles. The molecule has 0 amide bonds. The zero-order valence-electron chi connectivity index (χ0n) is 8.25. The summed E-state index contributed by atoms with van der Waals surface area (Å²) in [7, 11) is 3.05. The van der Waals surface area contributed by atoms with Gasteiger partial charge in [0.2, 0.25) is 5.75 Å². The smallest absolute Gasteiger partial charge is 0.203 e. The number of halogens is 1. The summed E-state index contributed by atoms with van der Waals surface area (Å²) in [6.07, 6.45) is 0. The Hall–Kier alpha value is -1.45. The average molecular weight is 200 g/mol. The molecule has 0 aliphatic heterocycles. The van der Waals surface area contributed by atoms with Crippen molar-refractivity contribution in [3.63, 3.8) is 0 Å². The Morgan fingerprint density at radius 2 is 1.86 bits per heavy atom. The fraction of sp³-hybridized carbons (Fsp3) is 0.400. The Kier molecular flexibility index (Phi) is 4.04. The molecule has 14 heavy (non-hydrogen) atoms. The number of hydrogen-bond donors (Lipinski definition) is 0. The number of para-hydroxylation sites is 1. The molecular weight excluding hydrogens is 187 g/mol. The highest BCUT2D eigenvalue weighted by Gasteiger charge is 2.09. The SMILES string of the molecule is COc1cccc(OCCF)c1OC. The van der Waals surface area contributed by atoms with Crippen molar-refractivity contribution in [2.75, 3.05) is 27.5 Å². The fourth-order valence-corrected chi connectivity index (χ4v) is 1.12. The van der Waals surface area contributed by atoms with Crippen molar-refractivity contribution in [2.24, 2.45) is 0 Å². The second-order valence-electron chi connectivity index (χ2n) is 2.53. The molecule has 0 saturated heterocycles. The summed E-state index contributed by atoms with van der Waals surface area (Å²) in [4.78, 5) is 0. The van der Waals surface area contributed by atoms with Crippen molar-refractivity contribution in [3.8, 4) is 17.2 Å². The number of alkyl halides is 1. The molecule has 0 radical (unpaired) electrons. The third kappa shape index (κ3) is 2.28. The molecule has 0 aliphatic rings. The highest BCUT2D eigenvalue weighted by Crippen LogP contribution is 2.36. The molecule has 78 valence electrons. The van der Waals surface area contributed by atoms with Gasteiger partial charge < -0.3 is 14.2 Å². The molecule has 0 N–H and O–H groups in total. The van der Waals surface area contributed by atoms with Crippen molar-refractivity contribution in [1.82, 2.24) is 0 Å². The summed E-state index contributed by atoms with van der Waals surface area (Å²) in [6, 6.07) is 5.22. The van der Waals surface area contributed by atoms with Crippen LogP contribution in [0.3, 0.4) is 0 Å². The lowest BCUT2D eigenvalue weighted by Crippen LogP contribution is -2.01. The Balaban J connectivity index is 2.90. The van der Waals surface area contributed by atoms with Gasteiger partial charge in [0.1, 0.15) is 13.3 Å². The molecule has 1 aromatic carbocycles. The number of ether oxygens (including phenoxy) is 3. The van der Waals surface area contributed by atoms with Gasteiger partial charge in [-0.3, -0.25) is 0 Å². The summed E-state index contributed by atoms with van der Waals surface area (Å²) < 4.78 is 27.2. The van der Waals surface area contributed by atoms with E-state index in [1.807, 2.05) is 0 Å². The normalized spacial score (nSPS) is 9.64. The molecule has 0 bridgehead atoms. The summed E-state index contributed by atoms with van der Waals surface area (Å²) in [5, 5.41) is 0. The van der Waals surface area contributed by atoms with Crippen LogP contribution in [0.15, 0.2) is 18.2 Å². The number of methoxy groups -OCH3 is 2. The molecule has 0 unspecified atom stereocenters. The van der Waals surface area contributed by atoms with Gasteiger partial charge in [0.15, 0.2) is 11.5 Å². The lowest BCUT2D eigenvalue weighted by atomic mass is 10.3. The molecule has 1 aromatic rings. The van der Waals surface area contributed by atoms with Crippen LogP contribution in [0.2, 0.25) is 0 Å². The highest BCUT2D eigenvalue weighted by atomic mass is 19.1. The summed E-state index contributed by atoms with van der Waals surface area (Å²) in [5.41, 5.74) is 0. The predicted octanol–water partition coefficient (Wildman–Crippen LogP) is 2.05. The maximum Gasteiger partial charge on any atom is 0.203 e. The van der Waals surface area contributed by atoms with E-state index in [1.165, 1.54) is 14.2 Å². The van der Waals surface area contributed by atoms with Crippen LogP contribution in [0.1, 0.15) is 0 Å². The summed E-state index contributed by atoms with van der Waals surface area (Å²) in [6.45, 7) is -0.510. The van der Waals surface area contributed by atoms with Gasteiger partial charge in [-0.05, 0) is 12.1 Å². The Morgan fingerprint density at radius 1 is 1.14 bits per heavy atom. The largest absolute Gasteiger partial charge is 0.493 e. The first kappa shape index (κ1) is 10.6. The van der Waals surface area contributed by atoms with Crippen LogP contribution < -0.4 is 14.2 Å². The van der Waals surface area contributed by atoms with E-state index in [0.717, 1.165) is 0 Å². The van der Waals surface area contributed by atoms with Gasteiger partial charge in [0.25, 0.3) is 0 Å². The molecule has 0 aliphatic carbocycles. The van der Waals surface area contributed by atoms with E-state index in [9.17, 15) is 4.39 Å². The van der Waals surface area contributed by atoms with E-state index < -0.39 is 6.67 Å². The molecular formula is C10H13FO3. The van der Waals surface area contributed by atoms with Crippen molar-refractivity contribution in [2.45, 2.75) is 0 Å². The molecule has 0 heterocycles. The fourth-order valence-electron chi connectivity index (χ4n) is 1.12. The van der Waals surface area contributed by atoms with Crippen molar-refractivity contribution in [1.29, 1.82) is 0 Å². The van der Waals surface area contributed by atoms with Gasteiger partial charge in [-0.2, -0.15) is 0 Å². The van der Waals surface area contributed by atoms with Gasteiger partial charge in [0.05, 0.1) is 14.2 Å². The first-order valence-electron chi connectivity index (χ1n) is 4.23. The number of rotatable bonds is 5. The van der Waals surface area contributed by atoms with Gasteiger partial charge in [-0.1, -0.05) is 6.07 Å². The van der Waals surface area contributed by atoms with E-state index in [1.54, 1.807) is 18.2 Å². The van der Waals surface area contributed by atoms with Crippen molar-refractivity contribution >= 4 is 0 Å². The van der Waals surface area contributed by atoms with Crippen LogP contribution in [-0.2, 0) is 0 Å². The third-order valence-electron chi connectivity index (χ3n) is 1.70. The molecule has 0 saturated carbocycles. The average Bonchev–Trinajstić information content (AvgIpc) is 2.25. The Morgan fingerprint density at radius 3 is 2.43 bits per heavy atom. The van der Waals surface area contributed by atoms with Gasteiger partial charge in [0, 0.05) is 0 Å². The highest BCUT2D eigenvalue weighted by molar-refractivity contribution is 5.50. The minimum Gasteiger partial charge on any atom is -0.493 e. The Bertz CT molecular complexity index is 289. The third-order valence-corrected chi connectivity index (χ3v) is 1.70. The minimum atomic E-state index is -0.527. The van der Waals surface area contributed by atoms with Crippen molar-refractivity contribution < 1.29 is 18.6 Å². The second kappa shape index (κ2) is 5.32. The molecule has 0 atom stereocenters. The van der Waals surface area contributed by atoms with Gasteiger partial charge in [-0.25, -0.2) is 4.39 Å². The number of hydrogen-bond acceptors (Lipinski definition) is 3. The molecule has 1 rings (SSSR count). The van der Waals surface area contributed by atoms with E-state index in [0.29, 0.717) is 17.2 Å². The minimum absolute atomic E-state index is 0.0174. The predicted molar refractivity (Wildman–Crippen MR) is 51.0 cm³/mol. The van der Waals surface area contributed by atoms with Crippen LogP contribution in [0, 0.1) is 0 Å². The van der Waals surface area contributed by atoms with E-state index in [2.05, 4.69) is 0 Å². The van der Waals surface area contributed by atoms with Gasteiger partial charge >= 0.3 is 0 Å². The first-order chi connectivity index (χ1) is 6.83. The molecule has 0 spiro atoms. The standard InChI is InChI=1S/C10H13FO3/c1-12-8-4-3-5-9(10(8)13-2)14-7-6-11/h3-5H,6-7H2,1-2H3. The van der Waals surface area contributed by atoms with Crippen LogP contribution in [0.5, 0.6) is 17.2 Å². The second-order valence-corrected chi connectivity index (χ2v) is 2.53. The molecule has 4 heteroatoms. The van der Waals surface area contributed by atoms with E-state index in [4.69, 9.17) is 14.2 Å². The molecule has 0 fully saturated rings. The first-order valence-corrected chi connectivity index (χ1v) is 4.23. The van der Waals surface area contributed by atoms with Crippen LogP contribution >= 0.6 is 0 Å². The maximum atomic E-state index is 11.9. The van der Waals surface area contributed by atoms with Crippen molar-refractivity contribution in [3.05, 3.63) is 18.2 Å². The summed E-state index contributed by atoms with van der Waals surface area (Å²) in [5.74, 6) is 1.55. The maximum absolute atomic E-state index is 11.9. The van der Waals surface area contributed by atoms with Crippen LogP contribution in [-0.4, -0.2) is 27.5 Å². The lowest BCUT2D eigenvalue weighted by Gasteiger charge is -2.12. The zero-order valence-corrected chi connectivity index (χ0v) is 8.25. The topological polar surface area (TPSA) is 27.7 Å². The lowest BCUT2D eigenvalue weighted by molar-refractivity contribution is 0.255. The van der Waals surface area contributed by atoms with Crippen LogP contribution in [0.4, 0.5) is 4.39 Å². The number of benzene rings is 1. The Labute approximate surface area is 82.4 Å². The quantitative estimate of drug-likeness (QED) is 0.728. The summed E-state index contributed by atoms with van der Waals surface area (Å²) >= 11 is 0. The zero-order chi connectivity index (χ0) is 10.4. The van der Waals surface area contributed by atoms with E-state index in [-0.39, 0.29) is 6.61 Å². The van der Waals surface area contributed by atoms with Crippen LogP contribution in [0.25, 0.3) is 0 Å².